The zero-order valence-electron chi connectivity index (χ0n) is 16.1. The summed E-state index contributed by atoms with van der Waals surface area (Å²) in [5, 5.41) is 7.07. The molecule has 1 aromatic heterocycles. The van der Waals surface area contributed by atoms with Gasteiger partial charge in [0.15, 0.2) is 0 Å². The third-order valence-corrected chi connectivity index (χ3v) is 5.18. The van der Waals surface area contributed by atoms with Crippen LogP contribution in [0.4, 0.5) is 14.5 Å². The van der Waals surface area contributed by atoms with Crippen molar-refractivity contribution in [2.45, 2.75) is 20.3 Å². The van der Waals surface area contributed by atoms with Crippen LogP contribution in [-0.4, -0.2) is 23.7 Å². The number of amides is 1. The Labute approximate surface area is 171 Å². The lowest BCUT2D eigenvalue weighted by atomic mass is 10.0. The van der Waals surface area contributed by atoms with Gasteiger partial charge < -0.3 is 10.2 Å². The highest BCUT2D eigenvalue weighted by Gasteiger charge is 2.24. The molecule has 5 nitrogen and oxygen atoms in total. The first-order valence-corrected chi connectivity index (χ1v) is 9.56. The van der Waals surface area contributed by atoms with Gasteiger partial charge in [-0.05, 0) is 31.0 Å². The Bertz CT molecular complexity index is 1050. The lowest BCUT2D eigenvalue weighted by Gasteiger charge is -2.12. The molecule has 3 aromatic rings. The van der Waals surface area contributed by atoms with E-state index in [0.29, 0.717) is 10.7 Å². The topological polar surface area (TPSA) is 63.6 Å². The summed E-state index contributed by atoms with van der Waals surface area (Å²) in [5.41, 5.74) is 3.32. The molecular formula is C21H19F2N3O2S. The Morgan fingerprint density at radius 2 is 1.86 bits per heavy atom. The molecule has 0 aliphatic heterocycles. The molecule has 3 rings (SSSR count). The van der Waals surface area contributed by atoms with Gasteiger partial charge in [-0.3, -0.25) is 4.79 Å². The number of para-hydroxylation sites is 1. The second kappa shape index (κ2) is 8.91. The minimum Gasteiger partial charge on any atom is -0.399 e. The third kappa shape index (κ3) is 4.65. The first-order chi connectivity index (χ1) is 13.9. The van der Waals surface area contributed by atoms with E-state index in [4.69, 9.17) is 4.84 Å². The van der Waals surface area contributed by atoms with Gasteiger partial charge in [-0.1, -0.05) is 47.6 Å². The van der Waals surface area contributed by atoms with Gasteiger partial charge in [0, 0.05) is 11.3 Å². The smallest absolute Gasteiger partial charge is 0.282 e. The number of nitrogens with one attached hydrogen (secondary N) is 1. The zero-order chi connectivity index (χ0) is 21.0. The molecule has 0 aliphatic rings. The van der Waals surface area contributed by atoms with Crippen LogP contribution in [0.3, 0.4) is 0 Å². The zero-order valence-corrected chi connectivity index (χ0v) is 16.9. The maximum absolute atomic E-state index is 13.2. The fourth-order valence-corrected chi connectivity index (χ4v) is 3.68. The van der Waals surface area contributed by atoms with Gasteiger partial charge in [0.1, 0.15) is 17.7 Å². The predicted molar refractivity (Wildman–Crippen MR) is 111 cm³/mol. The molecule has 1 heterocycles. The fourth-order valence-electron chi connectivity index (χ4n) is 2.86. The molecule has 0 aliphatic carbocycles. The SMILES string of the molecule is CO/N=C(/C)c1ccc(-c2ccccc2NC(=O)c2sc(C)nc2C(F)F)cc1. The van der Waals surface area contributed by atoms with E-state index >= 15 is 0 Å². The quantitative estimate of drug-likeness (QED) is 0.416. The fraction of sp³-hybridized carbons (Fsp3) is 0.190. The van der Waals surface area contributed by atoms with E-state index < -0.39 is 18.0 Å². The normalized spacial score (nSPS) is 11.6. The average molecular weight is 415 g/mol. The molecule has 29 heavy (non-hydrogen) atoms. The molecule has 150 valence electrons. The second-order valence-electron chi connectivity index (χ2n) is 6.18. The number of rotatable bonds is 6. The molecule has 1 amide bonds. The van der Waals surface area contributed by atoms with Gasteiger partial charge in [0.05, 0.1) is 10.7 Å². The maximum atomic E-state index is 13.2. The summed E-state index contributed by atoms with van der Waals surface area (Å²) in [6.45, 7) is 3.43. The minimum absolute atomic E-state index is 0.0750. The van der Waals surface area contributed by atoms with Crippen molar-refractivity contribution in [3.8, 4) is 11.1 Å². The van der Waals surface area contributed by atoms with Crippen molar-refractivity contribution >= 4 is 28.6 Å². The summed E-state index contributed by atoms with van der Waals surface area (Å²) in [7, 11) is 1.49. The van der Waals surface area contributed by atoms with Crippen LogP contribution in [0.25, 0.3) is 11.1 Å². The number of benzene rings is 2. The van der Waals surface area contributed by atoms with Gasteiger partial charge in [0.25, 0.3) is 12.3 Å². The molecule has 0 spiro atoms. The lowest BCUT2D eigenvalue weighted by Crippen LogP contribution is -2.13. The molecule has 0 radical (unpaired) electrons. The number of nitrogens with zero attached hydrogens (tertiary/aromatic N) is 2. The molecule has 1 N–H and O–H groups in total. The van der Waals surface area contributed by atoms with Crippen molar-refractivity contribution in [2.24, 2.45) is 5.16 Å². The predicted octanol–water partition coefficient (Wildman–Crippen LogP) is 5.68. The Kier molecular flexibility index (Phi) is 6.33. The highest BCUT2D eigenvalue weighted by molar-refractivity contribution is 7.13. The van der Waals surface area contributed by atoms with Crippen molar-refractivity contribution in [1.82, 2.24) is 4.98 Å². The second-order valence-corrected chi connectivity index (χ2v) is 7.39. The molecule has 0 fully saturated rings. The van der Waals surface area contributed by atoms with Gasteiger partial charge in [0.2, 0.25) is 0 Å². The summed E-state index contributed by atoms with van der Waals surface area (Å²) in [6.07, 6.45) is -2.81. The third-order valence-electron chi connectivity index (χ3n) is 4.19. The summed E-state index contributed by atoms with van der Waals surface area (Å²) < 4.78 is 26.4. The molecule has 0 unspecified atom stereocenters. The van der Waals surface area contributed by atoms with E-state index in [1.165, 1.54) is 7.11 Å². The number of alkyl halides is 2. The standard InChI is InChI=1S/C21H19F2N3O2S/c1-12(26-28-3)14-8-10-15(11-9-14)16-6-4-5-7-17(16)25-21(27)19-18(20(22)23)24-13(2)29-19/h4-11,20H,1-3H3,(H,25,27)/b26-12-. The first kappa shape index (κ1) is 20.6. The van der Waals surface area contributed by atoms with E-state index in [1.54, 1.807) is 19.1 Å². The molecule has 8 heteroatoms. The summed E-state index contributed by atoms with van der Waals surface area (Å²) in [4.78, 5) is 21.1. The minimum atomic E-state index is -2.81. The van der Waals surface area contributed by atoms with E-state index in [0.717, 1.165) is 33.7 Å². The van der Waals surface area contributed by atoms with E-state index in [9.17, 15) is 13.6 Å². The van der Waals surface area contributed by atoms with Crippen LogP contribution < -0.4 is 5.32 Å². The lowest BCUT2D eigenvalue weighted by molar-refractivity contribution is 0.101. The number of thiazole rings is 1. The number of halogens is 2. The highest BCUT2D eigenvalue weighted by Crippen LogP contribution is 2.31. The Morgan fingerprint density at radius 1 is 1.17 bits per heavy atom. The van der Waals surface area contributed by atoms with Crippen LogP contribution in [0.15, 0.2) is 53.7 Å². The number of carbonyl (C=O) groups excluding carboxylic acids is 1. The molecule has 0 atom stereocenters. The number of hydrogen-bond acceptors (Lipinski definition) is 5. The molecule has 0 saturated carbocycles. The maximum Gasteiger partial charge on any atom is 0.282 e. The van der Waals surface area contributed by atoms with E-state index in [1.807, 2.05) is 43.3 Å². The number of oxime groups is 1. The van der Waals surface area contributed by atoms with Crippen LogP contribution in [0.1, 0.15) is 39.3 Å². The van der Waals surface area contributed by atoms with Crippen LogP contribution in [0.5, 0.6) is 0 Å². The van der Waals surface area contributed by atoms with Gasteiger partial charge in [-0.2, -0.15) is 0 Å². The first-order valence-electron chi connectivity index (χ1n) is 8.75. The average Bonchev–Trinajstić information content (AvgIpc) is 3.11. The van der Waals surface area contributed by atoms with Crippen molar-refractivity contribution in [3.05, 3.63) is 69.7 Å². The summed E-state index contributed by atoms with van der Waals surface area (Å²) in [5.74, 6) is -0.599. The van der Waals surface area contributed by atoms with Crippen molar-refractivity contribution in [1.29, 1.82) is 0 Å². The van der Waals surface area contributed by atoms with Gasteiger partial charge in [-0.25, -0.2) is 13.8 Å². The molecule has 2 aromatic carbocycles. The number of anilines is 1. The van der Waals surface area contributed by atoms with E-state index in [-0.39, 0.29) is 4.88 Å². The molecule has 0 saturated heterocycles. The van der Waals surface area contributed by atoms with Crippen molar-refractivity contribution in [2.75, 3.05) is 12.4 Å². The Hall–Kier alpha value is -3.13. The largest absolute Gasteiger partial charge is 0.399 e. The van der Waals surface area contributed by atoms with Crippen molar-refractivity contribution in [3.63, 3.8) is 0 Å². The Balaban J connectivity index is 1.90. The van der Waals surface area contributed by atoms with Gasteiger partial charge in [-0.15, -0.1) is 11.3 Å². The Morgan fingerprint density at radius 3 is 2.52 bits per heavy atom. The molecule has 0 bridgehead atoms. The highest BCUT2D eigenvalue weighted by atomic mass is 32.1. The van der Waals surface area contributed by atoms with E-state index in [2.05, 4.69) is 15.5 Å². The van der Waals surface area contributed by atoms with Crippen LogP contribution >= 0.6 is 11.3 Å². The number of aryl methyl sites for hydroxylation is 1. The number of carbonyl (C=O) groups is 1. The molecular weight excluding hydrogens is 396 g/mol. The monoisotopic (exact) mass is 415 g/mol. The summed E-state index contributed by atoms with van der Waals surface area (Å²) >= 11 is 0.953. The van der Waals surface area contributed by atoms with Gasteiger partial charge >= 0.3 is 0 Å². The van der Waals surface area contributed by atoms with Crippen LogP contribution in [0, 0.1) is 6.92 Å². The van der Waals surface area contributed by atoms with Crippen LogP contribution in [0.2, 0.25) is 0 Å². The number of aromatic nitrogens is 1. The number of hydrogen-bond donors (Lipinski definition) is 1. The van der Waals surface area contributed by atoms with Crippen LogP contribution in [-0.2, 0) is 4.84 Å². The summed E-state index contributed by atoms with van der Waals surface area (Å²) in [6, 6.07) is 14.8. The van der Waals surface area contributed by atoms with Crippen molar-refractivity contribution < 1.29 is 18.4 Å².